The smallest absolute Gasteiger partial charge is 0.221 e. The van der Waals surface area contributed by atoms with Gasteiger partial charge in [0.1, 0.15) is 0 Å². The Labute approximate surface area is 91.8 Å². The molecule has 1 atom stereocenters. The monoisotopic (exact) mass is 214 g/mol. The summed E-state index contributed by atoms with van der Waals surface area (Å²) in [5.41, 5.74) is -0.164. The second-order valence-electron chi connectivity index (χ2n) is 4.74. The molecule has 1 aliphatic heterocycles. The quantitative estimate of drug-likeness (QED) is 0.723. The van der Waals surface area contributed by atoms with Crippen LogP contribution in [0.2, 0.25) is 0 Å². The van der Waals surface area contributed by atoms with Crippen LogP contribution in [0, 0.1) is 0 Å². The van der Waals surface area contributed by atoms with Crippen LogP contribution in [0.4, 0.5) is 0 Å². The van der Waals surface area contributed by atoms with Crippen LogP contribution < -0.4 is 10.6 Å². The lowest BCUT2D eigenvalue weighted by atomic mass is 10.1. The van der Waals surface area contributed by atoms with Crippen molar-refractivity contribution < 1.29 is 9.53 Å². The first kappa shape index (κ1) is 12.5. The van der Waals surface area contributed by atoms with Crippen molar-refractivity contribution in [2.45, 2.75) is 44.8 Å². The zero-order valence-electron chi connectivity index (χ0n) is 9.93. The van der Waals surface area contributed by atoms with Gasteiger partial charge in [0.15, 0.2) is 0 Å². The Bertz CT molecular complexity index is 217. The molecule has 0 spiro atoms. The first-order chi connectivity index (χ1) is 7.03. The number of rotatable bonds is 4. The first-order valence-electron chi connectivity index (χ1n) is 5.59. The van der Waals surface area contributed by atoms with Gasteiger partial charge in [0.25, 0.3) is 0 Å². The van der Waals surface area contributed by atoms with Crippen LogP contribution in [-0.4, -0.2) is 37.7 Å². The van der Waals surface area contributed by atoms with Gasteiger partial charge in [-0.05, 0) is 26.7 Å². The van der Waals surface area contributed by atoms with E-state index in [1.165, 1.54) is 0 Å². The summed E-state index contributed by atoms with van der Waals surface area (Å²) in [5, 5.41) is 6.27. The third-order valence-electron chi connectivity index (χ3n) is 2.85. The molecule has 0 aromatic rings. The van der Waals surface area contributed by atoms with Crippen molar-refractivity contribution in [2.24, 2.45) is 0 Å². The average Bonchev–Trinajstić information content (AvgIpc) is 2.40. The average molecular weight is 214 g/mol. The molecule has 0 radical (unpaired) electrons. The van der Waals surface area contributed by atoms with Crippen molar-refractivity contribution >= 4 is 5.91 Å². The zero-order chi connectivity index (χ0) is 11.3. The van der Waals surface area contributed by atoms with E-state index in [2.05, 4.69) is 10.6 Å². The SMILES string of the molecule is COC(C)(C)CNC1CCCNC(=O)C1. The highest BCUT2D eigenvalue weighted by atomic mass is 16.5. The maximum Gasteiger partial charge on any atom is 0.221 e. The van der Waals surface area contributed by atoms with E-state index >= 15 is 0 Å². The Hall–Kier alpha value is -0.610. The highest BCUT2D eigenvalue weighted by Crippen LogP contribution is 2.10. The maximum atomic E-state index is 11.3. The lowest BCUT2D eigenvalue weighted by Crippen LogP contribution is -2.42. The van der Waals surface area contributed by atoms with E-state index in [1.54, 1.807) is 7.11 Å². The van der Waals surface area contributed by atoms with Gasteiger partial charge in [-0.15, -0.1) is 0 Å². The second-order valence-corrected chi connectivity index (χ2v) is 4.74. The fraction of sp³-hybridized carbons (Fsp3) is 0.909. The summed E-state index contributed by atoms with van der Waals surface area (Å²) in [6.45, 7) is 5.67. The summed E-state index contributed by atoms with van der Waals surface area (Å²) in [6.07, 6.45) is 2.69. The number of hydrogen-bond acceptors (Lipinski definition) is 3. The van der Waals surface area contributed by atoms with Gasteiger partial charge in [0.05, 0.1) is 5.60 Å². The Morgan fingerprint density at radius 1 is 1.60 bits per heavy atom. The molecule has 1 fully saturated rings. The summed E-state index contributed by atoms with van der Waals surface area (Å²) < 4.78 is 5.32. The Morgan fingerprint density at radius 2 is 2.33 bits per heavy atom. The van der Waals surface area contributed by atoms with Crippen LogP contribution in [0.15, 0.2) is 0 Å². The van der Waals surface area contributed by atoms with Crippen LogP contribution in [0.1, 0.15) is 33.1 Å². The van der Waals surface area contributed by atoms with Crippen LogP contribution in [-0.2, 0) is 9.53 Å². The van der Waals surface area contributed by atoms with E-state index < -0.39 is 0 Å². The molecule has 1 rings (SSSR count). The van der Waals surface area contributed by atoms with Gasteiger partial charge in [-0.25, -0.2) is 0 Å². The van der Waals surface area contributed by atoms with Crippen molar-refractivity contribution in [1.29, 1.82) is 0 Å². The van der Waals surface area contributed by atoms with E-state index in [4.69, 9.17) is 4.74 Å². The number of amides is 1. The third kappa shape index (κ3) is 4.62. The molecule has 1 saturated heterocycles. The lowest BCUT2D eigenvalue weighted by Gasteiger charge is -2.26. The van der Waals surface area contributed by atoms with Gasteiger partial charge in [0, 0.05) is 32.7 Å². The first-order valence-corrected chi connectivity index (χ1v) is 5.59. The number of carbonyl (C=O) groups is 1. The molecule has 0 bridgehead atoms. The van der Waals surface area contributed by atoms with Crippen molar-refractivity contribution in [1.82, 2.24) is 10.6 Å². The van der Waals surface area contributed by atoms with E-state index in [0.29, 0.717) is 12.5 Å². The van der Waals surface area contributed by atoms with Crippen molar-refractivity contribution in [3.8, 4) is 0 Å². The predicted octanol–water partition coefficient (Wildman–Crippen LogP) is 0.670. The van der Waals surface area contributed by atoms with E-state index in [-0.39, 0.29) is 11.5 Å². The summed E-state index contributed by atoms with van der Waals surface area (Å²) in [4.78, 5) is 11.3. The largest absolute Gasteiger partial charge is 0.377 e. The maximum absolute atomic E-state index is 11.3. The van der Waals surface area contributed by atoms with Gasteiger partial charge in [-0.3, -0.25) is 4.79 Å². The number of methoxy groups -OCH3 is 1. The molecule has 1 heterocycles. The number of carbonyl (C=O) groups excluding carboxylic acids is 1. The van der Waals surface area contributed by atoms with Crippen molar-refractivity contribution in [3.05, 3.63) is 0 Å². The third-order valence-corrected chi connectivity index (χ3v) is 2.85. The molecular formula is C11H22N2O2. The molecular weight excluding hydrogens is 192 g/mol. The van der Waals surface area contributed by atoms with E-state index in [9.17, 15) is 4.79 Å². The summed E-state index contributed by atoms with van der Waals surface area (Å²) >= 11 is 0. The highest BCUT2D eigenvalue weighted by molar-refractivity contribution is 5.76. The van der Waals surface area contributed by atoms with Gasteiger partial charge in [0.2, 0.25) is 5.91 Å². The highest BCUT2D eigenvalue weighted by Gasteiger charge is 2.21. The molecule has 15 heavy (non-hydrogen) atoms. The van der Waals surface area contributed by atoms with Crippen molar-refractivity contribution in [3.63, 3.8) is 0 Å². The van der Waals surface area contributed by atoms with Gasteiger partial charge < -0.3 is 15.4 Å². The van der Waals surface area contributed by atoms with Gasteiger partial charge >= 0.3 is 0 Å². The minimum absolute atomic E-state index is 0.153. The topological polar surface area (TPSA) is 50.4 Å². The predicted molar refractivity (Wildman–Crippen MR) is 59.7 cm³/mol. The van der Waals surface area contributed by atoms with Crippen LogP contribution in [0.25, 0.3) is 0 Å². The minimum Gasteiger partial charge on any atom is -0.377 e. The molecule has 0 saturated carbocycles. The van der Waals surface area contributed by atoms with Crippen LogP contribution >= 0.6 is 0 Å². The van der Waals surface area contributed by atoms with Gasteiger partial charge in [-0.1, -0.05) is 0 Å². The van der Waals surface area contributed by atoms with Crippen molar-refractivity contribution in [2.75, 3.05) is 20.2 Å². The molecule has 1 amide bonds. The number of ether oxygens (including phenoxy) is 1. The Morgan fingerprint density at radius 3 is 3.00 bits per heavy atom. The number of nitrogens with one attached hydrogen (secondary N) is 2. The fourth-order valence-corrected chi connectivity index (χ4v) is 1.61. The summed E-state index contributed by atoms with van der Waals surface area (Å²) in [7, 11) is 1.71. The summed E-state index contributed by atoms with van der Waals surface area (Å²) in [5.74, 6) is 0.153. The lowest BCUT2D eigenvalue weighted by molar-refractivity contribution is -0.121. The minimum atomic E-state index is -0.164. The van der Waals surface area contributed by atoms with E-state index in [0.717, 1.165) is 25.9 Å². The fourth-order valence-electron chi connectivity index (χ4n) is 1.61. The summed E-state index contributed by atoms with van der Waals surface area (Å²) in [6, 6.07) is 0.293. The molecule has 1 aliphatic rings. The standard InChI is InChI=1S/C11H22N2O2/c1-11(2,15-3)8-13-9-5-4-6-12-10(14)7-9/h9,13H,4-8H2,1-3H3,(H,12,14). The molecule has 88 valence electrons. The second kappa shape index (κ2) is 5.47. The molecule has 0 aromatic carbocycles. The molecule has 4 nitrogen and oxygen atoms in total. The van der Waals surface area contributed by atoms with Crippen LogP contribution in [0.5, 0.6) is 0 Å². The Balaban J connectivity index is 2.33. The normalized spacial score (nSPS) is 23.4. The molecule has 0 aliphatic carbocycles. The number of hydrogen-bond donors (Lipinski definition) is 2. The Kier molecular flexibility index (Phi) is 4.54. The molecule has 4 heteroatoms. The zero-order valence-corrected chi connectivity index (χ0v) is 9.93. The molecule has 2 N–H and O–H groups in total. The van der Waals surface area contributed by atoms with Crippen LogP contribution in [0.3, 0.4) is 0 Å². The van der Waals surface area contributed by atoms with E-state index in [1.807, 2.05) is 13.8 Å². The molecule has 0 aromatic heterocycles. The molecule has 1 unspecified atom stereocenters. The van der Waals surface area contributed by atoms with Gasteiger partial charge in [-0.2, -0.15) is 0 Å².